The molecule has 0 spiro atoms. The van der Waals surface area contributed by atoms with Gasteiger partial charge in [0.2, 0.25) is 5.88 Å². The van der Waals surface area contributed by atoms with Crippen molar-refractivity contribution < 1.29 is 14.6 Å². The van der Waals surface area contributed by atoms with Crippen LogP contribution in [0.25, 0.3) is 0 Å². The minimum absolute atomic E-state index is 0.0346. The van der Waals surface area contributed by atoms with Crippen molar-refractivity contribution in [3.63, 3.8) is 0 Å². The Labute approximate surface area is 202 Å². The van der Waals surface area contributed by atoms with Gasteiger partial charge in [0, 0.05) is 49.7 Å². The maximum atomic E-state index is 13.5. The summed E-state index contributed by atoms with van der Waals surface area (Å²) in [6, 6.07) is 5.42. The van der Waals surface area contributed by atoms with Gasteiger partial charge in [0.1, 0.15) is 11.7 Å². The number of aromatic nitrogens is 2. The van der Waals surface area contributed by atoms with Crippen LogP contribution in [0.15, 0.2) is 36.8 Å². The maximum Gasteiger partial charge on any atom is 0.259 e. The van der Waals surface area contributed by atoms with Gasteiger partial charge in [-0.2, -0.15) is 0 Å². The second-order valence-corrected chi connectivity index (χ2v) is 9.29. The van der Waals surface area contributed by atoms with E-state index in [-0.39, 0.29) is 30.6 Å². The maximum absolute atomic E-state index is 13.5. The Bertz CT molecular complexity index is 1020. The Kier molecular flexibility index (Phi) is 8.99. The standard InChI is InChI=1S/C26H35N5O3/c1-19-15-31(20(2)18-32)26(33)23-13-22(7-6-12-29(3)4)14-28-25(23)34-24(19)17-30(5)16-21-8-10-27-11-9-21/h8-11,13-14,19-20,24,32H,12,15-18H2,1-5H3/t19-,20-,24+/m1/s1. The van der Waals surface area contributed by atoms with Crippen LogP contribution in [0.2, 0.25) is 0 Å². The van der Waals surface area contributed by atoms with E-state index in [1.54, 1.807) is 29.6 Å². The van der Waals surface area contributed by atoms with Crippen molar-refractivity contribution in [2.24, 2.45) is 5.92 Å². The molecule has 34 heavy (non-hydrogen) atoms. The highest BCUT2D eigenvalue weighted by Crippen LogP contribution is 2.27. The van der Waals surface area contributed by atoms with Crippen LogP contribution in [0, 0.1) is 17.8 Å². The third kappa shape index (κ3) is 6.76. The minimum Gasteiger partial charge on any atom is -0.472 e. The van der Waals surface area contributed by atoms with Gasteiger partial charge < -0.3 is 14.7 Å². The molecule has 1 aliphatic heterocycles. The fourth-order valence-corrected chi connectivity index (χ4v) is 3.86. The molecular formula is C26H35N5O3. The average Bonchev–Trinajstić information content (AvgIpc) is 2.81. The van der Waals surface area contributed by atoms with E-state index in [2.05, 4.69) is 33.6 Å². The van der Waals surface area contributed by atoms with Crippen molar-refractivity contribution in [1.29, 1.82) is 0 Å². The highest BCUT2D eigenvalue weighted by molar-refractivity contribution is 5.97. The zero-order valence-corrected chi connectivity index (χ0v) is 20.7. The first-order chi connectivity index (χ1) is 16.3. The Hall–Kier alpha value is -2.99. The smallest absolute Gasteiger partial charge is 0.259 e. The molecule has 3 rings (SSSR count). The number of carbonyl (C=O) groups excluding carboxylic acids is 1. The fraction of sp³-hybridized carbons (Fsp3) is 0.500. The van der Waals surface area contributed by atoms with Crippen molar-refractivity contribution in [2.75, 3.05) is 47.4 Å². The summed E-state index contributed by atoms with van der Waals surface area (Å²) >= 11 is 0. The molecule has 3 heterocycles. The molecule has 0 aliphatic carbocycles. The molecule has 1 N–H and O–H groups in total. The summed E-state index contributed by atoms with van der Waals surface area (Å²) in [7, 11) is 5.95. The van der Waals surface area contributed by atoms with Gasteiger partial charge in [0.25, 0.3) is 5.91 Å². The van der Waals surface area contributed by atoms with Crippen LogP contribution in [0.4, 0.5) is 0 Å². The van der Waals surface area contributed by atoms with Crippen molar-refractivity contribution in [2.45, 2.75) is 32.5 Å². The summed E-state index contributed by atoms with van der Waals surface area (Å²) in [5, 5.41) is 9.82. The van der Waals surface area contributed by atoms with Crippen LogP contribution in [0.5, 0.6) is 5.88 Å². The van der Waals surface area contributed by atoms with E-state index in [0.29, 0.717) is 36.6 Å². The van der Waals surface area contributed by atoms with Crippen LogP contribution in [-0.4, -0.2) is 95.2 Å². The van der Waals surface area contributed by atoms with Gasteiger partial charge in [-0.05, 0) is 51.8 Å². The molecule has 0 bridgehead atoms. The topological polar surface area (TPSA) is 82.0 Å². The Morgan fingerprint density at radius 1 is 1.29 bits per heavy atom. The van der Waals surface area contributed by atoms with Crippen LogP contribution in [0.3, 0.4) is 0 Å². The molecule has 0 unspecified atom stereocenters. The average molecular weight is 466 g/mol. The number of rotatable bonds is 7. The number of ether oxygens (including phenoxy) is 1. The summed E-state index contributed by atoms with van der Waals surface area (Å²) in [5.74, 6) is 6.31. The van der Waals surface area contributed by atoms with E-state index in [1.807, 2.05) is 45.1 Å². The number of fused-ring (bicyclic) bond motifs is 1. The molecule has 0 saturated heterocycles. The molecular weight excluding hydrogens is 430 g/mol. The number of aliphatic hydroxyl groups excluding tert-OH is 1. The SMILES string of the molecule is C[C@@H]1CN([C@H](C)CO)C(=O)c2cc(C#CCN(C)C)cnc2O[C@H]1CN(C)Cc1ccncc1. The molecule has 1 aliphatic rings. The fourth-order valence-electron chi connectivity index (χ4n) is 3.86. The summed E-state index contributed by atoms with van der Waals surface area (Å²) in [4.78, 5) is 27.9. The van der Waals surface area contributed by atoms with Crippen LogP contribution >= 0.6 is 0 Å². The summed E-state index contributed by atoms with van der Waals surface area (Å²) in [5.41, 5.74) is 2.21. The molecule has 0 saturated carbocycles. The molecule has 0 radical (unpaired) electrons. The van der Waals surface area contributed by atoms with Crippen molar-refractivity contribution >= 4 is 5.91 Å². The monoisotopic (exact) mass is 465 g/mol. The van der Waals surface area contributed by atoms with E-state index in [0.717, 1.165) is 6.54 Å². The number of hydrogen-bond donors (Lipinski definition) is 1. The van der Waals surface area contributed by atoms with Gasteiger partial charge in [0.05, 0.1) is 19.2 Å². The number of carbonyl (C=O) groups is 1. The number of pyridine rings is 2. The predicted octanol–water partition coefficient (Wildman–Crippen LogP) is 1.74. The number of likely N-dealkylation sites (N-methyl/N-ethyl adjacent to an activating group) is 1. The number of aliphatic hydroxyl groups is 1. The molecule has 182 valence electrons. The van der Waals surface area contributed by atoms with Gasteiger partial charge in [-0.15, -0.1) is 0 Å². The van der Waals surface area contributed by atoms with Crippen molar-refractivity contribution in [3.05, 3.63) is 53.5 Å². The van der Waals surface area contributed by atoms with E-state index in [9.17, 15) is 9.90 Å². The molecule has 8 nitrogen and oxygen atoms in total. The Morgan fingerprint density at radius 3 is 2.71 bits per heavy atom. The molecule has 3 atom stereocenters. The largest absolute Gasteiger partial charge is 0.472 e. The molecule has 0 aromatic carbocycles. The zero-order valence-electron chi connectivity index (χ0n) is 20.7. The van der Waals surface area contributed by atoms with Gasteiger partial charge in [-0.1, -0.05) is 18.8 Å². The van der Waals surface area contributed by atoms with Gasteiger partial charge in [0.15, 0.2) is 0 Å². The first kappa shape index (κ1) is 25.6. The number of amides is 1. The van der Waals surface area contributed by atoms with E-state index < -0.39 is 0 Å². The second-order valence-electron chi connectivity index (χ2n) is 9.29. The lowest BCUT2D eigenvalue weighted by Gasteiger charge is -2.37. The van der Waals surface area contributed by atoms with Crippen LogP contribution < -0.4 is 4.74 Å². The molecule has 0 fully saturated rings. The first-order valence-corrected chi connectivity index (χ1v) is 11.6. The van der Waals surface area contributed by atoms with E-state index in [4.69, 9.17) is 4.74 Å². The zero-order chi connectivity index (χ0) is 24.7. The number of hydrogen-bond acceptors (Lipinski definition) is 7. The van der Waals surface area contributed by atoms with Crippen LogP contribution in [0.1, 0.15) is 35.3 Å². The molecule has 8 heteroatoms. The lowest BCUT2D eigenvalue weighted by atomic mass is 9.99. The van der Waals surface area contributed by atoms with Crippen molar-refractivity contribution in [1.82, 2.24) is 24.7 Å². The Balaban J connectivity index is 1.89. The highest BCUT2D eigenvalue weighted by atomic mass is 16.5. The third-order valence-electron chi connectivity index (χ3n) is 5.84. The van der Waals surface area contributed by atoms with E-state index >= 15 is 0 Å². The lowest BCUT2D eigenvalue weighted by molar-refractivity contribution is 0.0325. The minimum atomic E-state index is -0.320. The predicted molar refractivity (Wildman–Crippen MR) is 131 cm³/mol. The summed E-state index contributed by atoms with van der Waals surface area (Å²) < 4.78 is 6.36. The second kappa shape index (κ2) is 11.9. The normalized spacial score (nSPS) is 19.1. The van der Waals surface area contributed by atoms with Gasteiger partial charge in [-0.25, -0.2) is 4.98 Å². The third-order valence-corrected chi connectivity index (χ3v) is 5.84. The Morgan fingerprint density at radius 2 is 2.03 bits per heavy atom. The van der Waals surface area contributed by atoms with Crippen molar-refractivity contribution in [3.8, 4) is 17.7 Å². The summed E-state index contributed by atoms with van der Waals surface area (Å²) in [6.07, 6.45) is 5.04. The van der Waals surface area contributed by atoms with E-state index in [1.165, 1.54) is 5.56 Å². The highest BCUT2D eigenvalue weighted by Gasteiger charge is 2.34. The van der Waals surface area contributed by atoms with Crippen LogP contribution in [-0.2, 0) is 6.54 Å². The van der Waals surface area contributed by atoms with Gasteiger partial charge >= 0.3 is 0 Å². The lowest BCUT2D eigenvalue weighted by Crippen LogP contribution is -2.49. The number of nitrogens with zero attached hydrogens (tertiary/aromatic N) is 5. The van der Waals surface area contributed by atoms with Gasteiger partial charge in [-0.3, -0.25) is 19.6 Å². The summed E-state index contributed by atoms with van der Waals surface area (Å²) in [6.45, 7) is 6.31. The molecule has 1 amide bonds. The first-order valence-electron chi connectivity index (χ1n) is 11.6. The molecule has 2 aromatic heterocycles. The molecule has 2 aromatic rings. The quantitative estimate of drug-likeness (QED) is 0.624.